The first kappa shape index (κ1) is 32.7. The van der Waals surface area contributed by atoms with Crippen molar-refractivity contribution in [1.82, 2.24) is 19.5 Å². The summed E-state index contributed by atoms with van der Waals surface area (Å²) in [6, 6.07) is 69.1. The van der Waals surface area contributed by atoms with Gasteiger partial charge < -0.3 is 0 Å². The van der Waals surface area contributed by atoms with Gasteiger partial charge >= 0.3 is 0 Å². The molecule has 0 aliphatic carbocycles. The number of thiophene rings is 1. The van der Waals surface area contributed by atoms with Crippen LogP contribution in [0.1, 0.15) is 0 Å². The van der Waals surface area contributed by atoms with E-state index in [1.54, 1.807) is 0 Å². The summed E-state index contributed by atoms with van der Waals surface area (Å²) in [6.45, 7) is 0. The maximum atomic E-state index is 5.32. The molecular weight excluding hydrogens is 725 g/mol. The molecule has 0 amide bonds. The molecule has 58 heavy (non-hydrogen) atoms. The van der Waals surface area contributed by atoms with Crippen LogP contribution in [-0.2, 0) is 0 Å². The summed E-state index contributed by atoms with van der Waals surface area (Å²) in [6.07, 6.45) is 0. The van der Waals surface area contributed by atoms with Crippen LogP contribution in [0.4, 0.5) is 0 Å². The zero-order valence-electron chi connectivity index (χ0n) is 31.2. The summed E-state index contributed by atoms with van der Waals surface area (Å²) in [7, 11) is 0. The fraction of sp³-hybridized carbons (Fsp3) is 0. The normalized spacial score (nSPS) is 11.8. The molecular formula is C53H32N4S. The topological polar surface area (TPSA) is 43.6 Å². The van der Waals surface area contributed by atoms with E-state index >= 15 is 0 Å². The smallest absolute Gasteiger partial charge is 0.238 e. The van der Waals surface area contributed by atoms with Crippen molar-refractivity contribution < 1.29 is 0 Å². The quantitative estimate of drug-likeness (QED) is 0.176. The van der Waals surface area contributed by atoms with Gasteiger partial charge in [-0.05, 0) is 68.1 Å². The number of aromatic nitrogens is 4. The molecule has 12 rings (SSSR count). The number of fused-ring (bicyclic) bond motifs is 11. The second-order valence-corrected chi connectivity index (χ2v) is 15.8. The Morgan fingerprint density at radius 3 is 1.66 bits per heavy atom. The molecule has 12 aromatic rings. The van der Waals surface area contributed by atoms with Crippen LogP contribution >= 0.6 is 11.3 Å². The highest BCUT2D eigenvalue weighted by Gasteiger charge is 2.25. The van der Waals surface area contributed by atoms with E-state index in [-0.39, 0.29) is 0 Å². The molecule has 270 valence electrons. The largest absolute Gasteiger partial charge is 0.276 e. The van der Waals surface area contributed by atoms with E-state index in [4.69, 9.17) is 15.0 Å². The van der Waals surface area contributed by atoms with Gasteiger partial charge in [-0.2, -0.15) is 9.97 Å². The molecule has 0 radical (unpaired) electrons. The molecule has 0 atom stereocenters. The van der Waals surface area contributed by atoms with Crippen molar-refractivity contribution in [3.63, 3.8) is 0 Å². The third-order valence-corrected chi connectivity index (χ3v) is 12.6. The Bertz CT molecular complexity index is 3490. The molecule has 0 N–H and O–H groups in total. The first-order chi connectivity index (χ1) is 28.8. The molecule has 5 heteroatoms. The Labute approximate surface area is 338 Å². The number of hydrogen-bond acceptors (Lipinski definition) is 4. The molecule has 3 aromatic heterocycles. The van der Waals surface area contributed by atoms with Crippen molar-refractivity contribution in [3.05, 3.63) is 194 Å². The van der Waals surface area contributed by atoms with E-state index in [1.807, 2.05) is 47.7 Å². The lowest BCUT2D eigenvalue weighted by atomic mass is 9.95. The maximum absolute atomic E-state index is 5.32. The molecule has 3 heterocycles. The average Bonchev–Trinajstić information content (AvgIpc) is 3.86. The minimum absolute atomic E-state index is 0.589. The minimum atomic E-state index is 0.589. The Morgan fingerprint density at radius 2 is 0.948 bits per heavy atom. The lowest BCUT2D eigenvalue weighted by Crippen LogP contribution is -2.06. The monoisotopic (exact) mass is 756 g/mol. The van der Waals surface area contributed by atoms with Gasteiger partial charge in [0.15, 0.2) is 11.6 Å². The van der Waals surface area contributed by atoms with E-state index in [0.29, 0.717) is 17.6 Å². The van der Waals surface area contributed by atoms with Gasteiger partial charge in [-0.1, -0.05) is 170 Å². The summed E-state index contributed by atoms with van der Waals surface area (Å²) in [5, 5.41) is 9.78. The molecule has 4 nitrogen and oxygen atoms in total. The van der Waals surface area contributed by atoms with Crippen LogP contribution in [0.25, 0.3) is 115 Å². The van der Waals surface area contributed by atoms with E-state index in [2.05, 4.69) is 162 Å². The van der Waals surface area contributed by atoms with E-state index in [0.717, 1.165) is 33.1 Å². The number of hydrogen-bond donors (Lipinski definition) is 0. The van der Waals surface area contributed by atoms with Crippen LogP contribution in [0.2, 0.25) is 0 Å². The zero-order chi connectivity index (χ0) is 38.2. The average molecular weight is 757 g/mol. The third kappa shape index (κ3) is 5.11. The van der Waals surface area contributed by atoms with Gasteiger partial charge in [0.25, 0.3) is 0 Å². The molecule has 0 saturated heterocycles. The molecule has 0 bridgehead atoms. The van der Waals surface area contributed by atoms with E-state index < -0.39 is 0 Å². The van der Waals surface area contributed by atoms with Gasteiger partial charge in [-0.3, -0.25) is 4.57 Å². The maximum Gasteiger partial charge on any atom is 0.238 e. The molecule has 0 aliphatic rings. The van der Waals surface area contributed by atoms with Gasteiger partial charge in [0, 0.05) is 37.4 Å². The van der Waals surface area contributed by atoms with Crippen molar-refractivity contribution in [2.24, 2.45) is 0 Å². The third-order valence-electron chi connectivity index (χ3n) is 11.4. The predicted octanol–water partition coefficient (Wildman–Crippen LogP) is 14.3. The highest BCUT2D eigenvalue weighted by Crippen LogP contribution is 2.49. The summed E-state index contributed by atoms with van der Waals surface area (Å²) in [4.78, 5) is 15.7. The molecule has 0 spiro atoms. The van der Waals surface area contributed by atoms with Gasteiger partial charge in [0.1, 0.15) is 0 Å². The Hall–Kier alpha value is -7.47. The first-order valence-corrected chi connectivity index (χ1v) is 20.3. The number of nitrogens with zero attached hydrogens (tertiary/aromatic N) is 4. The fourth-order valence-corrected chi connectivity index (χ4v) is 10.0. The van der Waals surface area contributed by atoms with Crippen molar-refractivity contribution in [2.75, 3.05) is 0 Å². The highest BCUT2D eigenvalue weighted by atomic mass is 32.1. The summed E-state index contributed by atoms with van der Waals surface area (Å²) < 4.78 is 4.75. The van der Waals surface area contributed by atoms with Crippen LogP contribution in [0.15, 0.2) is 194 Å². The number of rotatable bonds is 5. The second kappa shape index (κ2) is 13.1. The Morgan fingerprint density at radius 1 is 0.379 bits per heavy atom. The molecule has 9 aromatic carbocycles. The summed E-state index contributed by atoms with van der Waals surface area (Å²) >= 11 is 1.85. The molecule has 0 fully saturated rings. The lowest BCUT2D eigenvalue weighted by molar-refractivity contribution is 0.955. The zero-order valence-corrected chi connectivity index (χ0v) is 32.0. The Balaban J connectivity index is 1.24. The number of benzene rings is 9. The van der Waals surface area contributed by atoms with Crippen LogP contribution in [-0.4, -0.2) is 19.5 Å². The summed E-state index contributed by atoms with van der Waals surface area (Å²) in [5.41, 5.74) is 8.81. The van der Waals surface area contributed by atoms with Gasteiger partial charge in [0.2, 0.25) is 5.95 Å². The molecule has 0 unspecified atom stereocenters. The van der Waals surface area contributed by atoms with Crippen molar-refractivity contribution in [1.29, 1.82) is 0 Å². The van der Waals surface area contributed by atoms with E-state index in [1.165, 1.54) is 63.8 Å². The Kier molecular flexibility index (Phi) is 7.37. The fourth-order valence-electron chi connectivity index (χ4n) is 8.79. The predicted molar refractivity (Wildman–Crippen MR) is 244 cm³/mol. The lowest BCUT2D eigenvalue weighted by Gasteiger charge is -2.12. The van der Waals surface area contributed by atoms with Gasteiger partial charge in [-0.15, -0.1) is 11.3 Å². The van der Waals surface area contributed by atoms with Crippen molar-refractivity contribution >= 4 is 74.9 Å². The SMILES string of the molecule is c1ccc(-c2ccc3c(c2)c2c4ccccc4c4c5cc(-c6cccc7ccccc67)ccc5sc4c2n3-c2nc(-c3ccccc3)nc(-c3ccccc3)n2)cc1. The minimum Gasteiger partial charge on any atom is -0.276 e. The van der Waals surface area contributed by atoms with Crippen molar-refractivity contribution in [3.8, 4) is 51.0 Å². The van der Waals surface area contributed by atoms with Gasteiger partial charge in [-0.25, -0.2) is 4.98 Å². The summed E-state index contributed by atoms with van der Waals surface area (Å²) in [5.74, 6) is 1.85. The first-order valence-electron chi connectivity index (χ1n) is 19.5. The van der Waals surface area contributed by atoms with Crippen molar-refractivity contribution in [2.45, 2.75) is 0 Å². The molecule has 0 saturated carbocycles. The van der Waals surface area contributed by atoms with Crippen LogP contribution < -0.4 is 0 Å². The molecule has 0 aliphatic heterocycles. The van der Waals surface area contributed by atoms with Crippen LogP contribution in [0, 0.1) is 0 Å². The highest BCUT2D eigenvalue weighted by molar-refractivity contribution is 7.27. The van der Waals surface area contributed by atoms with Crippen LogP contribution in [0.5, 0.6) is 0 Å². The second-order valence-electron chi connectivity index (χ2n) is 14.8. The van der Waals surface area contributed by atoms with Gasteiger partial charge in [0.05, 0.1) is 15.7 Å². The van der Waals surface area contributed by atoms with E-state index in [9.17, 15) is 0 Å². The van der Waals surface area contributed by atoms with Crippen LogP contribution in [0.3, 0.4) is 0 Å². The standard InChI is InChI=1S/C53H32N4S/c1-4-15-33(16-5-1)37-27-29-45-43(31-37)47-41-24-12-13-25-42(41)48-44-32-38(40-26-14-22-34-17-10-11-23-39(34)40)28-30-46(44)58-50(48)49(47)57(45)53-55-51(35-18-6-2-7-19-35)54-52(56-53)36-20-8-3-9-21-36/h1-32H.